The third kappa shape index (κ3) is 4.19. The van der Waals surface area contributed by atoms with Crippen LogP contribution in [0, 0.1) is 10.8 Å². The molecule has 0 saturated heterocycles. The molecule has 0 fully saturated rings. The lowest BCUT2D eigenvalue weighted by atomic mass is 9.86. The van der Waals surface area contributed by atoms with E-state index in [0.29, 0.717) is 22.8 Å². The van der Waals surface area contributed by atoms with Crippen LogP contribution in [-0.4, -0.2) is 20.2 Å². The molecule has 0 spiro atoms. The van der Waals surface area contributed by atoms with Crippen LogP contribution in [0.3, 0.4) is 0 Å². The molecular formula is C20H28N2O2. The van der Waals surface area contributed by atoms with Crippen molar-refractivity contribution in [3.05, 3.63) is 47.8 Å². The molecule has 2 N–H and O–H groups in total. The molecule has 2 aromatic rings. The van der Waals surface area contributed by atoms with Crippen LogP contribution in [0.4, 0.5) is 0 Å². The van der Waals surface area contributed by atoms with Gasteiger partial charge in [-0.1, -0.05) is 53.7 Å². The minimum atomic E-state index is -0.652. The van der Waals surface area contributed by atoms with E-state index >= 15 is 0 Å². The second-order valence-electron chi connectivity index (χ2n) is 8.43. The zero-order valence-electron chi connectivity index (χ0n) is 15.4. The van der Waals surface area contributed by atoms with Crippen molar-refractivity contribution in [3.8, 4) is 11.4 Å². The van der Waals surface area contributed by atoms with Crippen LogP contribution in [0.5, 0.6) is 0 Å². The Morgan fingerprint density at radius 2 is 1.00 bits per heavy atom. The quantitative estimate of drug-likeness (QED) is 0.881. The van der Waals surface area contributed by atoms with Gasteiger partial charge in [0.2, 0.25) is 0 Å². The molecule has 4 nitrogen and oxygen atoms in total. The topological polar surface area (TPSA) is 66.2 Å². The summed E-state index contributed by atoms with van der Waals surface area (Å²) < 4.78 is 0. The molecule has 0 radical (unpaired) electrons. The van der Waals surface area contributed by atoms with E-state index in [1.54, 1.807) is 0 Å². The van der Waals surface area contributed by atoms with Crippen molar-refractivity contribution in [3.63, 3.8) is 0 Å². The van der Waals surface area contributed by atoms with Crippen LogP contribution in [-0.2, 0) is 0 Å². The Balaban J connectivity index is 2.40. The zero-order valence-corrected chi connectivity index (χ0v) is 15.4. The summed E-state index contributed by atoms with van der Waals surface area (Å²) in [6, 6.07) is 11.1. The van der Waals surface area contributed by atoms with Crippen LogP contribution in [0.2, 0.25) is 0 Å². The number of pyridine rings is 2. The molecule has 2 atom stereocenters. The summed E-state index contributed by atoms with van der Waals surface area (Å²) in [5, 5.41) is 20.9. The summed E-state index contributed by atoms with van der Waals surface area (Å²) in [6.45, 7) is 11.9. The number of nitrogens with zero attached hydrogens (tertiary/aromatic N) is 2. The van der Waals surface area contributed by atoms with Gasteiger partial charge < -0.3 is 10.2 Å². The average molecular weight is 328 g/mol. The molecule has 24 heavy (non-hydrogen) atoms. The second kappa shape index (κ2) is 6.61. The number of aliphatic hydroxyl groups is 2. The lowest BCUT2D eigenvalue weighted by Crippen LogP contribution is -2.19. The first kappa shape index (κ1) is 18.6. The van der Waals surface area contributed by atoms with Crippen molar-refractivity contribution in [2.75, 3.05) is 0 Å². The van der Waals surface area contributed by atoms with Gasteiger partial charge >= 0.3 is 0 Å². The van der Waals surface area contributed by atoms with E-state index in [0.717, 1.165) is 0 Å². The second-order valence-corrected chi connectivity index (χ2v) is 8.43. The van der Waals surface area contributed by atoms with Crippen LogP contribution in [0.25, 0.3) is 11.4 Å². The van der Waals surface area contributed by atoms with Gasteiger partial charge in [0.25, 0.3) is 0 Å². The van der Waals surface area contributed by atoms with Gasteiger partial charge in [0.1, 0.15) is 12.2 Å². The maximum atomic E-state index is 10.5. The summed E-state index contributed by atoms with van der Waals surface area (Å²) in [4.78, 5) is 9.16. The van der Waals surface area contributed by atoms with Crippen molar-refractivity contribution >= 4 is 0 Å². The van der Waals surface area contributed by atoms with Gasteiger partial charge in [0, 0.05) is 0 Å². The van der Waals surface area contributed by atoms with Gasteiger partial charge in [0.15, 0.2) is 0 Å². The smallest absolute Gasteiger partial charge is 0.101 e. The fourth-order valence-corrected chi connectivity index (χ4v) is 2.38. The van der Waals surface area contributed by atoms with E-state index in [2.05, 4.69) is 9.97 Å². The van der Waals surface area contributed by atoms with Crippen LogP contribution in [0.1, 0.15) is 65.1 Å². The van der Waals surface area contributed by atoms with Crippen LogP contribution < -0.4 is 0 Å². The van der Waals surface area contributed by atoms with Gasteiger partial charge in [-0.3, -0.25) is 0 Å². The summed E-state index contributed by atoms with van der Waals surface area (Å²) in [6.07, 6.45) is -1.30. The third-order valence-corrected chi connectivity index (χ3v) is 4.00. The van der Waals surface area contributed by atoms with Gasteiger partial charge in [-0.15, -0.1) is 0 Å². The number of aromatic nitrogens is 2. The van der Waals surface area contributed by atoms with E-state index in [1.807, 2.05) is 77.9 Å². The first-order chi connectivity index (χ1) is 11.0. The van der Waals surface area contributed by atoms with Crippen molar-refractivity contribution in [1.29, 1.82) is 0 Å². The van der Waals surface area contributed by atoms with Crippen molar-refractivity contribution in [1.82, 2.24) is 9.97 Å². The van der Waals surface area contributed by atoms with Gasteiger partial charge in [-0.05, 0) is 35.1 Å². The predicted octanol–water partition coefficient (Wildman–Crippen LogP) is 4.30. The Hall–Kier alpha value is -1.78. The maximum Gasteiger partial charge on any atom is 0.101 e. The van der Waals surface area contributed by atoms with E-state index < -0.39 is 12.2 Å². The van der Waals surface area contributed by atoms with Gasteiger partial charge in [-0.2, -0.15) is 0 Å². The molecular weight excluding hydrogens is 300 g/mol. The van der Waals surface area contributed by atoms with Crippen molar-refractivity contribution < 1.29 is 10.2 Å². The van der Waals surface area contributed by atoms with Gasteiger partial charge in [0.05, 0.1) is 22.8 Å². The van der Waals surface area contributed by atoms with E-state index in [1.165, 1.54) is 0 Å². The zero-order chi connectivity index (χ0) is 18.1. The number of aliphatic hydroxyl groups excluding tert-OH is 2. The number of rotatable bonds is 3. The Bertz CT molecular complexity index is 638. The normalized spacial score (nSPS) is 15.2. The molecule has 2 heterocycles. The molecule has 0 aliphatic rings. The Kier molecular flexibility index (Phi) is 5.11. The summed E-state index contributed by atoms with van der Waals surface area (Å²) in [5.41, 5.74) is 2.07. The molecule has 130 valence electrons. The Morgan fingerprint density at radius 3 is 1.29 bits per heavy atom. The maximum absolute atomic E-state index is 10.5. The minimum Gasteiger partial charge on any atom is -0.386 e. The lowest BCUT2D eigenvalue weighted by molar-refractivity contribution is 0.0587. The SMILES string of the molecule is CC(C)(C)[C@H](O)c1cccc(-c2cccc([C@H](O)C(C)(C)C)n2)n1. The monoisotopic (exact) mass is 328 g/mol. The van der Waals surface area contributed by atoms with Crippen LogP contribution >= 0.6 is 0 Å². The fourth-order valence-electron chi connectivity index (χ4n) is 2.38. The lowest BCUT2D eigenvalue weighted by Gasteiger charge is -2.26. The van der Waals surface area contributed by atoms with Crippen LogP contribution in [0.15, 0.2) is 36.4 Å². The molecule has 0 unspecified atom stereocenters. The number of hydrogen-bond acceptors (Lipinski definition) is 4. The molecule has 2 rings (SSSR count). The Morgan fingerprint density at radius 1 is 0.667 bits per heavy atom. The first-order valence-corrected chi connectivity index (χ1v) is 8.30. The highest BCUT2D eigenvalue weighted by Crippen LogP contribution is 2.34. The summed E-state index contributed by atoms with van der Waals surface area (Å²) in [5.74, 6) is 0. The third-order valence-electron chi connectivity index (χ3n) is 4.00. The average Bonchev–Trinajstić information content (AvgIpc) is 2.52. The molecule has 0 aliphatic carbocycles. The van der Waals surface area contributed by atoms with E-state index in [-0.39, 0.29) is 10.8 Å². The molecule has 0 bridgehead atoms. The van der Waals surface area contributed by atoms with Crippen molar-refractivity contribution in [2.24, 2.45) is 10.8 Å². The number of hydrogen-bond donors (Lipinski definition) is 2. The largest absolute Gasteiger partial charge is 0.386 e. The fraction of sp³-hybridized carbons (Fsp3) is 0.500. The molecule has 0 amide bonds. The highest BCUT2D eigenvalue weighted by Gasteiger charge is 2.26. The van der Waals surface area contributed by atoms with E-state index in [4.69, 9.17) is 0 Å². The van der Waals surface area contributed by atoms with Crippen molar-refractivity contribution in [2.45, 2.75) is 53.8 Å². The molecule has 2 aromatic heterocycles. The van der Waals surface area contributed by atoms with E-state index in [9.17, 15) is 10.2 Å². The summed E-state index contributed by atoms with van der Waals surface area (Å²) >= 11 is 0. The Labute approximate surface area is 144 Å². The first-order valence-electron chi connectivity index (χ1n) is 8.30. The van der Waals surface area contributed by atoms with Gasteiger partial charge in [-0.25, -0.2) is 9.97 Å². The minimum absolute atomic E-state index is 0.288. The molecule has 0 aliphatic heterocycles. The predicted molar refractivity (Wildman–Crippen MR) is 96.3 cm³/mol. The summed E-state index contributed by atoms with van der Waals surface area (Å²) in [7, 11) is 0. The highest BCUT2D eigenvalue weighted by atomic mass is 16.3. The molecule has 0 saturated carbocycles. The highest BCUT2D eigenvalue weighted by molar-refractivity contribution is 5.54. The molecule has 4 heteroatoms. The molecule has 0 aromatic carbocycles. The standard InChI is InChI=1S/C20H28N2O2/c1-19(2,3)17(23)15-11-7-9-13(21-15)14-10-8-12-16(22-14)18(24)20(4,5)6/h7-12,17-18,23-24H,1-6H3/t17-,18+.